The molecule has 0 unspecified atom stereocenters. The van der Waals surface area contributed by atoms with Crippen molar-refractivity contribution >= 4 is 43.6 Å². The van der Waals surface area contributed by atoms with Crippen molar-refractivity contribution in [2.45, 2.75) is 0 Å². The van der Waals surface area contributed by atoms with Crippen molar-refractivity contribution in [3.05, 3.63) is 242 Å². The molecule has 0 N–H and O–H groups in total. The molecule has 0 spiro atoms. The maximum Gasteiger partial charge on any atom is 0.0645 e. The van der Waals surface area contributed by atoms with E-state index in [1.54, 1.807) is 4.57 Å². The average Bonchev–Trinajstić information content (AvgIpc) is 3.94. The van der Waals surface area contributed by atoms with Crippen molar-refractivity contribution in [2.75, 3.05) is 0 Å². The monoisotopic (exact) mass is 795 g/mol. The number of hydrogen-bond donors (Lipinski definition) is 0. The molecule has 12 aromatic rings. The number of benzene rings is 10. The van der Waals surface area contributed by atoms with E-state index in [-0.39, 0.29) is 57.6 Å². The van der Waals surface area contributed by atoms with Crippen molar-refractivity contribution in [1.29, 1.82) is 0 Å². The van der Waals surface area contributed by atoms with Crippen LogP contribution >= 0.6 is 0 Å². The lowest BCUT2D eigenvalue weighted by atomic mass is 9.97. The fourth-order valence-electron chi connectivity index (χ4n) is 9.11. The van der Waals surface area contributed by atoms with Gasteiger partial charge in [0, 0.05) is 32.8 Å². The first kappa shape index (κ1) is 29.1. The SMILES string of the molecule is [2H]c1c([2H])c([2H])c2c(c1[2H])c1c([2H])c(-c3ccc4c(c3)c3c(-c5ccccc5)cccc3n4-c3ccc(-c4ccccc4)cc3-c3ccccc3)c([2H])c([2H])c1n2-c1cccc(-c2ccccc2)c1. The Balaban J connectivity index is 1.15. The van der Waals surface area contributed by atoms with Crippen LogP contribution in [0.4, 0.5) is 0 Å². The molecule has 0 aliphatic rings. The van der Waals surface area contributed by atoms with Gasteiger partial charge >= 0.3 is 0 Å². The van der Waals surface area contributed by atoms with Gasteiger partial charge in [0.25, 0.3) is 0 Å². The standard InChI is InChI=1S/C60H40N2/c1-5-17-41(18-6-1)45-25-15-26-49(37-45)61-55-29-14-13-27-51(55)53-39-47(32-35-57(53)61)48-33-36-58-54(40-48)60-50(43-21-9-3-10-22-43)28-16-30-59(60)62(58)56-34-31-46(42-19-7-2-8-20-42)38-52(56)44-23-11-4-12-24-44/h1-40H/i13D,14D,27D,29D,32D,35D,39D. The number of aromatic nitrogens is 2. The maximum absolute atomic E-state index is 10.1. The quantitative estimate of drug-likeness (QED) is 0.152. The normalized spacial score (nSPS) is 13.1. The number of hydrogen-bond acceptors (Lipinski definition) is 0. The average molecular weight is 796 g/mol. The highest BCUT2D eigenvalue weighted by Crippen LogP contribution is 2.44. The van der Waals surface area contributed by atoms with Crippen LogP contribution in [0.1, 0.15) is 9.60 Å². The van der Waals surface area contributed by atoms with Gasteiger partial charge in [-0.1, -0.05) is 182 Å². The summed E-state index contributed by atoms with van der Waals surface area (Å²) in [6, 6.07) is 65.5. The zero-order chi connectivity index (χ0) is 47.1. The molecule has 10 aromatic carbocycles. The van der Waals surface area contributed by atoms with Gasteiger partial charge in [0.1, 0.15) is 0 Å². The molecule has 2 heterocycles. The summed E-state index contributed by atoms with van der Waals surface area (Å²) in [6.45, 7) is 0. The third kappa shape index (κ3) is 5.96. The molecule has 0 radical (unpaired) electrons. The molecule has 12 rings (SSSR count). The van der Waals surface area contributed by atoms with E-state index < -0.39 is 12.1 Å². The molecule has 2 aromatic heterocycles. The number of para-hydroxylation sites is 1. The van der Waals surface area contributed by atoms with E-state index >= 15 is 0 Å². The summed E-state index contributed by atoms with van der Waals surface area (Å²) in [7, 11) is 0. The molecule has 0 amide bonds. The van der Waals surface area contributed by atoms with E-state index in [4.69, 9.17) is 2.74 Å². The number of nitrogens with zero attached hydrogens (tertiary/aromatic N) is 2. The second kappa shape index (κ2) is 14.8. The minimum atomic E-state index is -0.429. The van der Waals surface area contributed by atoms with Crippen molar-refractivity contribution in [3.8, 4) is 67.0 Å². The van der Waals surface area contributed by atoms with Crippen LogP contribution in [0.5, 0.6) is 0 Å². The zero-order valence-electron chi connectivity index (χ0n) is 40.4. The van der Waals surface area contributed by atoms with E-state index in [1.165, 1.54) is 0 Å². The third-order valence-corrected chi connectivity index (χ3v) is 12.0. The van der Waals surface area contributed by atoms with Crippen LogP contribution in [0.15, 0.2) is 242 Å². The van der Waals surface area contributed by atoms with E-state index in [9.17, 15) is 6.85 Å². The second-order valence-electron chi connectivity index (χ2n) is 15.5. The first-order valence-corrected chi connectivity index (χ1v) is 20.8. The summed E-state index contributed by atoms with van der Waals surface area (Å²) >= 11 is 0. The van der Waals surface area contributed by atoms with Crippen molar-refractivity contribution in [1.82, 2.24) is 9.13 Å². The van der Waals surface area contributed by atoms with E-state index in [0.29, 0.717) is 11.3 Å². The van der Waals surface area contributed by atoms with E-state index in [0.717, 1.165) is 72.0 Å². The van der Waals surface area contributed by atoms with Crippen LogP contribution in [-0.2, 0) is 0 Å². The van der Waals surface area contributed by atoms with E-state index in [2.05, 4.69) is 102 Å². The van der Waals surface area contributed by atoms with Crippen LogP contribution < -0.4 is 0 Å². The first-order valence-electron chi connectivity index (χ1n) is 24.3. The van der Waals surface area contributed by atoms with Gasteiger partial charge in [0.05, 0.1) is 37.3 Å². The Hall–Kier alpha value is -8.20. The topological polar surface area (TPSA) is 9.86 Å². The van der Waals surface area contributed by atoms with Gasteiger partial charge in [0.15, 0.2) is 0 Å². The summed E-state index contributed by atoms with van der Waals surface area (Å²) in [5.74, 6) is 0. The largest absolute Gasteiger partial charge is 0.309 e. The number of fused-ring (bicyclic) bond motifs is 6. The molecule has 0 aliphatic carbocycles. The molecular formula is C60H40N2. The van der Waals surface area contributed by atoms with Gasteiger partial charge in [-0.15, -0.1) is 0 Å². The van der Waals surface area contributed by atoms with Gasteiger partial charge in [-0.25, -0.2) is 0 Å². The molecule has 62 heavy (non-hydrogen) atoms. The van der Waals surface area contributed by atoms with Gasteiger partial charge in [-0.05, 0) is 111 Å². The molecule has 0 saturated carbocycles. The Kier molecular flexibility index (Phi) is 6.95. The summed E-state index contributed by atoms with van der Waals surface area (Å²) in [5.41, 5.74) is 12.7. The zero-order valence-corrected chi connectivity index (χ0v) is 33.4. The highest BCUT2D eigenvalue weighted by atomic mass is 15.0. The molecular weight excluding hydrogens is 749 g/mol. The molecule has 0 atom stereocenters. The Bertz CT molecular complexity index is 4010. The fraction of sp³-hybridized carbons (Fsp3) is 0. The molecule has 290 valence electrons. The Morgan fingerprint density at radius 3 is 1.61 bits per heavy atom. The smallest absolute Gasteiger partial charge is 0.0645 e. The Morgan fingerprint density at radius 1 is 0.306 bits per heavy atom. The first-order chi connectivity index (χ1) is 33.7. The second-order valence-corrected chi connectivity index (χ2v) is 15.5. The molecule has 0 fully saturated rings. The summed E-state index contributed by atoms with van der Waals surface area (Å²) in [4.78, 5) is 0. The van der Waals surface area contributed by atoms with Crippen LogP contribution in [0.25, 0.3) is 111 Å². The summed E-state index contributed by atoms with van der Waals surface area (Å²) < 4.78 is 69.7. The minimum absolute atomic E-state index is 0.0896. The van der Waals surface area contributed by atoms with Gasteiger partial charge in [0.2, 0.25) is 0 Å². The Labute approximate surface area is 370 Å². The highest BCUT2D eigenvalue weighted by molar-refractivity contribution is 6.17. The molecule has 2 heteroatoms. The van der Waals surface area contributed by atoms with E-state index in [1.807, 2.05) is 103 Å². The molecule has 2 nitrogen and oxygen atoms in total. The van der Waals surface area contributed by atoms with Crippen molar-refractivity contribution < 1.29 is 9.60 Å². The van der Waals surface area contributed by atoms with Crippen LogP contribution in [0, 0.1) is 0 Å². The summed E-state index contributed by atoms with van der Waals surface area (Å²) in [5, 5.41) is 2.20. The fourth-order valence-corrected chi connectivity index (χ4v) is 9.11. The molecule has 0 saturated heterocycles. The third-order valence-electron chi connectivity index (χ3n) is 12.0. The minimum Gasteiger partial charge on any atom is -0.309 e. The molecule has 0 bridgehead atoms. The van der Waals surface area contributed by atoms with Gasteiger partial charge in [-0.2, -0.15) is 0 Å². The van der Waals surface area contributed by atoms with Crippen LogP contribution in [-0.4, -0.2) is 9.13 Å². The highest BCUT2D eigenvalue weighted by Gasteiger charge is 2.21. The van der Waals surface area contributed by atoms with Gasteiger partial charge in [-0.3, -0.25) is 0 Å². The predicted molar refractivity (Wildman–Crippen MR) is 262 cm³/mol. The number of rotatable bonds is 7. The predicted octanol–water partition coefficient (Wildman–Crippen LogP) is 16.2. The maximum atomic E-state index is 10.1. The van der Waals surface area contributed by atoms with Gasteiger partial charge < -0.3 is 9.13 Å². The van der Waals surface area contributed by atoms with Crippen LogP contribution in [0.2, 0.25) is 0 Å². The lowest BCUT2D eigenvalue weighted by Crippen LogP contribution is -1.98. The lowest BCUT2D eigenvalue weighted by Gasteiger charge is -2.16. The molecule has 0 aliphatic heterocycles. The summed E-state index contributed by atoms with van der Waals surface area (Å²) in [6.07, 6.45) is 0. The lowest BCUT2D eigenvalue weighted by molar-refractivity contribution is 1.18. The van der Waals surface area contributed by atoms with Crippen molar-refractivity contribution in [2.24, 2.45) is 0 Å². The van der Waals surface area contributed by atoms with Crippen LogP contribution in [0.3, 0.4) is 0 Å². The Morgan fingerprint density at radius 2 is 0.887 bits per heavy atom. The van der Waals surface area contributed by atoms with Crippen molar-refractivity contribution in [3.63, 3.8) is 0 Å².